The molecule has 22 heavy (non-hydrogen) atoms. The van der Waals surface area contributed by atoms with Crippen LogP contribution in [0.15, 0.2) is 36.7 Å². The van der Waals surface area contributed by atoms with Crippen LogP contribution >= 0.6 is 11.6 Å². The third kappa shape index (κ3) is 2.69. The van der Waals surface area contributed by atoms with Gasteiger partial charge in [-0.3, -0.25) is 9.59 Å². The normalized spacial score (nSPS) is 17.8. The molecule has 2 heterocycles. The molecule has 6 nitrogen and oxygen atoms in total. The maximum Gasteiger partial charge on any atom is 0.287 e. The number of rotatable bonds is 3. The van der Waals surface area contributed by atoms with Crippen molar-refractivity contribution in [3.8, 4) is 0 Å². The molecule has 3 rings (SSSR count). The fourth-order valence-corrected chi connectivity index (χ4v) is 2.71. The monoisotopic (exact) mass is 318 g/mol. The summed E-state index contributed by atoms with van der Waals surface area (Å²) < 4.78 is 1.61. The Balaban J connectivity index is 1.72. The van der Waals surface area contributed by atoms with Crippen molar-refractivity contribution in [2.45, 2.75) is 12.5 Å². The molecule has 114 valence electrons. The summed E-state index contributed by atoms with van der Waals surface area (Å²) in [7, 11) is 1.73. The number of amides is 2. The topological polar surface area (TPSA) is 67.2 Å². The Morgan fingerprint density at radius 2 is 2.27 bits per heavy atom. The Hall–Kier alpha value is -2.34. The number of carbonyl (C=O) groups excluding carboxylic acids is 2. The molecule has 1 N–H and O–H groups in total. The van der Waals surface area contributed by atoms with E-state index >= 15 is 0 Å². The quantitative estimate of drug-likeness (QED) is 0.935. The average molecular weight is 319 g/mol. The lowest BCUT2D eigenvalue weighted by atomic mass is 10.2. The summed E-state index contributed by atoms with van der Waals surface area (Å²) in [5, 5.41) is 3.31. The van der Waals surface area contributed by atoms with E-state index in [9.17, 15) is 9.59 Å². The number of hydrogen-bond acceptors (Lipinski definition) is 3. The van der Waals surface area contributed by atoms with Crippen molar-refractivity contribution in [1.82, 2.24) is 14.9 Å². The second-order valence-electron chi connectivity index (χ2n) is 5.15. The molecule has 7 heteroatoms. The SMILES string of the molecule is Cn1ccnc1C(=O)N[C@H]1CCN(c2cccc(Cl)c2)C1=O. The van der Waals surface area contributed by atoms with E-state index in [2.05, 4.69) is 10.3 Å². The average Bonchev–Trinajstić information content (AvgIpc) is 3.06. The van der Waals surface area contributed by atoms with Gasteiger partial charge in [0.25, 0.3) is 5.91 Å². The minimum Gasteiger partial charge on any atom is -0.337 e. The first-order valence-corrected chi connectivity index (χ1v) is 7.29. The minimum absolute atomic E-state index is 0.134. The molecule has 0 radical (unpaired) electrons. The van der Waals surface area contributed by atoms with Gasteiger partial charge in [0.2, 0.25) is 5.91 Å². The van der Waals surface area contributed by atoms with Crippen LogP contribution in [0.4, 0.5) is 5.69 Å². The van der Waals surface area contributed by atoms with Crippen LogP contribution in [0, 0.1) is 0 Å². The highest BCUT2D eigenvalue weighted by Gasteiger charge is 2.34. The van der Waals surface area contributed by atoms with Crippen LogP contribution in [0.3, 0.4) is 0 Å². The van der Waals surface area contributed by atoms with E-state index in [1.807, 2.05) is 6.07 Å². The molecule has 1 aliphatic heterocycles. The summed E-state index contributed by atoms with van der Waals surface area (Å²) in [4.78, 5) is 30.2. The molecule has 1 aromatic carbocycles. The molecule has 2 amide bonds. The number of halogens is 1. The van der Waals surface area contributed by atoms with Crippen LogP contribution in [-0.2, 0) is 11.8 Å². The second kappa shape index (κ2) is 5.81. The standard InChI is InChI=1S/C15H15ClN4O2/c1-19-8-6-17-13(19)14(21)18-12-5-7-20(15(12)22)11-4-2-3-10(16)9-11/h2-4,6,8-9,12H,5,7H2,1H3,(H,18,21)/t12-/m0/s1. The van der Waals surface area contributed by atoms with Gasteiger partial charge in [0.1, 0.15) is 6.04 Å². The minimum atomic E-state index is -0.539. The molecule has 1 aromatic heterocycles. The Morgan fingerprint density at radius 1 is 1.45 bits per heavy atom. The first-order valence-electron chi connectivity index (χ1n) is 6.91. The van der Waals surface area contributed by atoms with Crippen molar-refractivity contribution < 1.29 is 9.59 Å². The maximum atomic E-state index is 12.4. The lowest BCUT2D eigenvalue weighted by Gasteiger charge is -2.17. The summed E-state index contributed by atoms with van der Waals surface area (Å²) >= 11 is 5.96. The molecule has 1 fully saturated rings. The summed E-state index contributed by atoms with van der Waals surface area (Å²) in [5.41, 5.74) is 0.742. The summed E-state index contributed by atoms with van der Waals surface area (Å²) in [6, 6.07) is 6.58. The third-order valence-corrected chi connectivity index (χ3v) is 3.89. The van der Waals surface area contributed by atoms with E-state index in [0.717, 1.165) is 5.69 Å². The highest BCUT2D eigenvalue weighted by molar-refractivity contribution is 6.31. The Kier molecular flexibility index (Phi) is 3.85. The van der Waals surface area contributed by atoms with E-state index in [1.54, 1.807) is 47.1 Å². The molecule has 0 spiro atoms. The van der Waals surface area contributed by atoms with Crippen molar-refractivity contribution in [2.24, 2.45) is 7.05 Å². The number of anilines is 1. The number of imidazole rings is 1. The van der Waals surface area contributed by atoms with E-state index in [0.29, 0.717) is 18.0 Å². The molecule has 1 atom stereocenters. The van der Waals surface area contributed by atoms with Gasteiger partial charge in [-0.25, -0.2) is 4.98 Å². The highest BCUT2D eigenvalue weighted by Crippen LogP contribution is 2.24. The van der Waals surface area contributed by atoms with Crippen molar-refractivity contribution in [3.63, 3.8) is 0 Å². The van der Waals surface area contributed by atoms with Crippen LogP contribution in [0.25, 0.3) is 0 Å². The van der Waals surface area contributed by atoms with Crippen molar-refractivity contribution >= 4 is 29.1 Å². The predicted molar refractivity (Wildman–Crippen MR) is 82.9 cm³/mol. The smallest absolute Gasteiger partial charge is 0.287 e. The predicted octanol–water partition coefficient (Wildman–Crippen LogP) is 1.61. The molecule has 0 unspecified atom stereocenters. The zero-order chi connectivity index (χ0) is 15.7. The number of nitrogens with zero attached hydrogens (tertiary/aromatic N) is 3. The number of carbonyl (C=O) groups is 2. The lowest BCUT2D eigenvalue weighted by molar-refractivity contribution is -0.118. The molecule has 0 aliphatic carbocycles. The van der Waals surface area contributed by atoms with Crippen LogP contribution in [0.1, 0.15) is 17.0 Å². The van der Waals surface area contributed by atoms with Crippen LogP contribution < -0.4 is 10.2 Å². The van der Waals surface area contributed by atoms with Gasteiger partial charge in [-0.1, -0.05) is 17.7 Å². The zero-order valence-electron chi connectivity index (χ0n) is 12.0. The van der Waals surface area contributed by atoms with Gasteiger partial charge in [-0.15, -0.1) is 0 Å². The van der Waals surface area contributed by atoms with Crippen molar-refractivity contribution in [3.05, 3.63) is 47.5 Å². The summed E-state index contributed by atoms with van der Waals surface area (Å²) in [5.74, 6) is -0.197. The van der Waals surface area contributed by atoms with Crippen LogP contribution in [-0.4, -0.2) is 34.0 Å². The molecule has 2 aromatic rings. The number of aryl methyl sites for hydroxylation is 1. The fourth-order valence-electron chi connectivity index (χ4n) is 2.52. The van der Waals surface area contributed by atoms with Gasteiger partial charge >= 0.3 is 0 Å². The lowest BCUT2D eigenvalue weighted by Crippen LogP contribution is -2.42. The van der Waals surface area contributed by atoms with Crippen LogP contribution in [0.2, 0.25) is 5.02 Å². The van der Waals surface area contributed by atoms with Gasteiger partial charge in [-0.05, 0) is 24.6 Å². The zero-order valence-corrected chi connectivity index (χ0v) is 12.7. The van der Waals surface area contributed by atoms with E-state index in [4.69, 9.17) is 11.6 Å². The maximum absolute atomic E-state index is 12.4. The number of benzene rings is 1. The van der Waals surface area contributed by atoms with E-state index in [-0.39, 0.29) is 17.6 Å². The molecular formula is C15H15ClN4O2. The van der Waals surface area contributed by atoms with Gasteiger partial charge in [0.15, 0.2) is 5.82 Å². The first-order chi connectivity index (χ1) is 10.6. The number of aromatic nitrogens is 2. The molecule has 0 bridgehead atoms. The van der Waals surface area contributed by atoms with E-state index in [1.165, 1.54) is 0 Å². The second-order valence-corrected chi connectivity index (χ2v) is 5.58. The summed E-state index contributed by atoms with van der Waals surface area (Å²) in [6.07, 6.45) is 3.79. The van der Waals surface area contributed by atoms with Crippen molar-refractivity contribution in [1.29, 1.82) is 0 Å². The summed E-state index contributed by atoms with van der Waals surface area (Å²) in [6.45, 7) is 0.546. The third-order valence-electron chi connectivity index (χ3n) is 3.65. The fraction of sp³-hybridized carbons (Fsp3) is 0.267. The van der Waals surface area contributed by atoms with Crippen LogP contribution in [0.5, 0.6) is 0 Å². The van der Waals surface area contributed by atoms with Gasteiger partial charge in [0.05, 0.1) is 0 Å². The molecule has 0 saturated carbocycles. The molecule has 1 aliphatic rings. The number of nitrogens with one attached hydrogen (secondary N) is 1. The van der Waals surface area contributed by atoms with E-state index < -0.39 is 6.04 Å². The van der Waals surface area contributed by atoms with Gasteiger partial charge < -0.3 is 14.8 Å². The van der Waals surface area contributed by atoms with Gasteiger partial charge in [-0.2, -0.15) is 0 Å². The Labute approximate surface area is 132 Å². The number of hydrogen-bond donors (Lipinski definition) is 1. The van der Waals surface area contributed by atoms with Crippen molar-refractivity contribution in [2.75, 3.05) is 11.4 Å². The Bertz CT molecular complexity index is 728. The largest absolute Gasteiger partial charge is 0.337 e. The van der Waals surface area contributed by atoms with Gasteiger partial charge in [0, 0.05) is 36.7 Å². The first kappa shape index (κ1) is 14.6. The highest BCUT2D eigenvalue weighted by atomic mass is 35.5. The Morgan fingerprint density at radius 3 is 2.95 bits per heavy atom. The molecule has 1 saturated heterocycles. The molecular weight excluding hydrogens is 304 g/mol.